The molecule has 1 heterocycles. The summed E-state index contributed by atoms with van der Waals surface area (Å²) in [5, 5.41) is 1.19. The molecule has 1 saturated carbocycles. The van der Waals surface area contributed by atoms with E-state index in [0.29, 0.717) is 22.2 Å². The molecule has 0 amide bonds. The molecule has 1 atom stereocenters. The molecule has 1 unspecified atom stereocenters. The molecule has 0 spiro atoms. The lowest BCUT2D eigenvalue weighted by Gasteiger charge is -2.09. The molecule has 1 aromatic heterocycles. The van der Waals surface area contributed by atoms with Crippen molar-refractivity contribution in [3.63, 3.8) is 0 Å². The average Bonchev–Trinajstić information content (AvgIpc) is 3.24. The summed E-state index contributed by atoms with van der Waals surface area (Å²) in [4.78, 5) is 0. The number of aromatic nitrogens is 1. The van der Waals surface area contributed by atoms with Crippen LogP contribution < -0.4 is 4.72 Å². The summed E-state index contributed by atoms with van der Waals surface area (Å²) in [7, 11) is 0. The molecular formula is C16H20BrFN2OS. The summed E-state index contributed by atoms with van der Waals surface area (Å²) in [6.45, 7) is 5.70. The Hall–Kier alpha value is -0.560. The zero-order chi connectivity index (χ0) is 15.9. The largest absolute Gasteiger partial charge is 0.598 e. The van der Waals surface area contributed by atoms with Crippen molar-refractivity contribution >= 4 is 38.2 Å². The molecule has 3 nitrogen and oxygen atoms in total. The quantitative estimate of drug-likeness (QED) is 0.758. The predicted octanol–water partition coefficient (Wildman–Crippen LogP) is 4.11. The van der Waals surface area contributed by atoms with Crippen LogP contribution in [0.5, 0.6) is 0 Å². The summed E-state index contributed by atoms with van der Waals surface area (Å²) in [5.74, 6) is 0.236. The number of rotatable bonds is 6. The Morgan fingerprint density at radius 2 is 2.18 bits per heavy atom. The maximum atomic E-state index is 13.9. The average molecular weight is 387 g/mol. The number of hydrogen-bond acceptors (Lipinski definition) is 2. The molecule has 0 radical (unpaired) electrons. The SMILES string of the molecule is CC(C)Cn1cc(CN[S+]([O-])C2CC2)c2cc(F)c(Br)cc21. The Bertz CT molecular complexity index is 684. The Kier molecular flexibility index (Phi) is 4.83. The second-order valence-corrected chi connectivity index (χ2v) is 8.71. The topological polar surface area (TPSA) is 40.0 Å². The van der Waals surface area contributed by atoms with Crippen LogP contribution in [-0.2, 0) is 24.5 Å². The second kappa shape index (κ2) is 6.51. The fourth-order valence-corrected chi connectivity index (χ4v) is 4.02. The number of nitrogens with one attached hydrogen (secondary N) is 1. The van der Waals surface area contributed by atoms with Crippen LogP contribution in [0.3, 0.4) is 0 Å². The molecule has 6 heteroatoms. The van der Waals surface area contributed by atoms with Gasteiger partial charge in [-0.3, -0.25) is 0 Å². The summed E-state index contributed by atoms with van der Waals surface area (Å²) in [6.07, 6.45) is 4.13. The first-order valence-corrected chi connectivity index (χ1v) is 9.57. The molecule has 1 aliphatic carbocycles. The highest BCUT2D eigenvalue weighted by Gasteiger charge is 2.34. The molecule has 0 saturated heterocycles. The first-order valence-electron chi connectivity index (χ1n) is 7.56. The van der Waals surface area contributed by atoms with Gasteiger partial charge in [0.2, 0.25) is 0 Å². The molecular weight excluding hydrogens is 367 g/mol. The molecule has 1 aromatic carbocycles. The van der Waals surface area contributed by atoms with Gasteiger partial charge in [-0.2, -0.15) is 0 Å². The fourth-order valence-electron chi connectivity index (χ4n) is 2.59. The summed E-state index contributed by atoms with van der Waals surface area (Å²) in [6, 6.07) is 3.39. The van der Waals surface area contributed by atoms with Gasteiger partial charge in [-0.05, 0) is 39.5 Å². The number of benzene rings is 1. The normalized spacial score (nSPS) is 16.6. The van der Waals surface area contributed by atoms with Gasteiger partial charge >= 0.3 is 0 Å². The van der Waals surface area contributed by atoms with Crippen molar-refractivity contribution in [2.45, 2.75) is 45.0 Å². The molecule has 2 aromatic rings. The molecule has 22 heavy (non-hydrogen) atoms. The van der Waals surface area contributed by atoms with E-state index in [9.17, 15) is 8.94 Å². The first kappa shape index (κ1) is 16.3. The van der Waals surface area contributed by atoms with Gasteiger partial charge in [0, 0.05) is 47.8 Å². The van der Waals surface area contributed by atoms with Crippen molar-refractivity contribution in [3.05, 3.63) is 34.2 Å². The van der Waals surface area contributed by atoms with E-state index in [2.05, 4.69) is 39.1 Å². The standard InChI is InChI=1S/C16H20BrFN2OS/c1-10(2)8-20-9-11(7-19-22(21)12-3-4-12)13-5-15(18)14(17)6-16(13)20/h5-6,9-10,12,19H,3-4,7-8H2,1-2H3. The summed E-state index contributed by atoms with van der Waals surface area (Å²) < 4.78 is 31.5. The summed E-state index contributed by atoms with van der Waals surface area (Å²) >= 11 is 2.29. The number of halogens is 2. The van der Waals surface area contributed by atoms with Gasteiger partial charge in [0.15, 0.2) is 0 Å². The van der Waals surface area contributed by atoms with Crippen molar-refractivity contribution in [2.24, 2.45) is 5.92 Å². The molecule has 1 aliphatic rings. The van der Waals surface area contributed by atoms with Crippen LogP contribution in [0.2, 0.25) is 0 Å². The van der Waals surface area contributed by atoms with E-state index in [-0.39, 0.29) is 5.82 Å². The monoisotopic (exact) mass is 386 g/mol. The Balaban J connectivity index is 1.91. The molecule has 1 fully saturated rings. The van der Waals surface area contributed by atoms with Crippen LogP contribution in [0.25, 0.3) is 10.9 Å². The lowest BCUT2D eigenvalue weighted by atomic mass is 10.2. The van der Waals surface area contributed by atoms with Crippen LogP contribution in [0.15, 0.2) is 22.8 Å². The van der Waals surface area contributed by atoms with E-state index in [1.165, 1.54) is 0 Å². The number of nitrogens with zero attached hydrogens (tertiary/aromatic N) is 1. The van der Waals surface area contributed by atoms with E-state index >= 15 is 0 Å². The number of hydrogen-bond donors (Lipinski definition) is 1. The van der Waals surface area contributed by atoms with Crippen LogP contribution in [-0.4, -0.2) is 14.4 Å². The lowest BCUT2D eigenvalue weighted by molar-refractivity contribution is 0.534. The van der Waals surface area contributed by atoms with Gasteiger partial charge in [-0.25, -0.2) is 4.39 Å². The summed E-state index contributed by atoms with van der Waals surface area (Å²) in [5.41, 5.74) is 2.01. The Labute approximate surface area is 141 Å². The molecule has 0 bridgehead atoms. The van der Waals surface area contributed by atoms with E-state index in [1.807, 2.05) is 12.3 Å². The van der Waals surface area contributed by atoms with E-state index in [4.69, 9.17) is 0 Å². The van der Waals surface area contributed by atoms with E-state index < -0.39 is 11.4 Å². The van der Waals surface area contributed by atoms with Gasteiger partial charge in [0.25, 0.3) is 0 Å². The highest BCUT2D eigenvalue weighted by molar-refractivity contribution is 9.10. The molecule has 1 N–H and O–H groups in total. The zero-order valence-corrected chi connectivity index (χ0v) is 15.1. The third kappa shape index (κ3) is 3.50. The smallest absolute Gasteiger partial charge is 0.138 e. The van der Waals surface area contributed by atoms with Crippen molar-refractivity contribution in [3.8, 4) is 0 Å². The molecule has 0 aliphatic heterocycles. The minimum atomic E-state index is -0.978. The van der Waals surface area contributed by atoms with Crippen LogP contribution in [0.1, 0.15) is 32.3 Å². The van der Waals surface area contributed by atoms with Crippen molar-refractivity contribution in [2.75, 3.05) is 0 Å². The lowest BCUT2D eigenvalue weighted by Crippen LogP contribution is -2.26. The third-order valence-corrected chi connectivity index (χ3v) is 5.91. The van der Waals surface area contributed by atoms with Crippen molar-refractivity contribution in [1.29, 1.82) is 0 Å². The van der Waals surface area contributed by atoms with Gasteiger partial charge in [0.05, 0.1) is 11.0 Å². The van der Waals surface area contributed by atoms with Gasteiger partial charge in [-0.1, -0.05) is 13.8 Å². The Morgan fingerprint density at radius 1 is 1.45 bits per heavy atom. The minimum absolute atomic E-state index is 0.264. The van der Waals surface area contributed by atoms with E-state index in [1.54, 1.807) is 6.07 Å². The maximum absolute atomic E-state index is 13.9. The predicted molar refractivity (Wildman–Crippen MR) is 92.4 cm³/mol. The Morgan fingerprint density at radius 3 is 2.82 bits per heavy atom. The van der Waals surface area contributed by atoms with Crippen molar-refractivity contribution in [1.82, 2.24) is 9.29 Å². The third-order valence-electron chi connectivity index (χ3n) is 3.80. The van der Waals surface area contributed by atoms with Gasteiger partial charge in [-0.15, -0.1) is 4.72 Å². The van der Waals surface area contributed by atoms with Crippen molar-refractivity contribution < 1.29 is 8.94 Å². The van der Waals surface area contributed by atoms with Crippen LogP contribution in [0, 0.1) is 11.7 Å². The molecule has 3 rings (SSSR count). The maximum Gasteiger partial charge on any atom is 0.138 e. The zero-order valence-electron chi connectivity index (χ0n) is 12.7. The van der Waals surface area contributed by atoms with Gasteiger partial charge < -0.3 is 9.12 Å². The highest BCUT2D eigenvalue weighted by atomic mass is 79.9. The second-order valence-electron chi connectivity index (χ2n) is 6.30. The first-order chi connectivity index (χ1) is 10.5. The fraction of sp³-hybridized carbons (Fsp3) is 0.500. The van der Waals surface area contributed by atoms with Crippen LogP contribution in [0.4, 0.5) is 4.39 Å². The highest BCUT2D eigenvalue weighted by Crippen LogP contribution is 2.30. The molecule has 120 valence electrons. The minimum Gasteiger partial charge on any atom is -0.598 e. The van der Waals surface area contributed by atoms with E-state index in [0.717, 1.165) is 35.9 Å². The number of fused-ring (bicyclic) bond motifs is 1. The van der Waals surface area contributed by atoms with Crippen LogP contribution >= 0.6 is 15.9 Å². The van der Waals surface area contributed by atoms with Gasteiger partial charge in [0.1, 0.15) is 11.1 Å².